The number of aromatic nitrogens is 2. The van der Waals surface area contributed by atoms with Crippen LogP contribution in [0, 0.1) is 5.41 Å². The van der Waals surface area contributed by atoms with E-state index in [0.29, 0.717) is 0 Å². The molecule has 2 heterocycles. The maximum atomic E-state index is 5.81. The average Bonchev–Trinajstić information content (AvgIpc) is 2.47. The minimum absolute atomic E-state index is 0.213. The summed E-state index contributed by atoms with van der Waals surface area (Å²) in [6, 6.07) is 11.4. The van der Waals surface area contributed by atoms with Gasteiger partial charge < -0.3 is 0 Å². The summed E-state index contributed by atoms with van der Waals surface area (Å²) < 4.78 is 4.32. The Balaban J connectivity index is 0.000000392. The van der Waals surface area contributed by atoms with E-state index in [4.69, 9.17) is 27.6 Å². The van der Waals surface area contributed by atoms with Gasteiger partial charge in [0.25, 0.3) is 0 Å². The third-order valence-corrected chi connectivity index (χ3v) is 5.71. The van der Waals surface area contributed by atoms with Crippen molar-refractivity contribution >= 4 is 27.6 Å². The third-order valence-electron chi connectivity index (χ3n) is 2.48. The Hall–Kier alpha value is -0.290. The average molecular weight is 485 g/mol. The van der Waals surface area contributed by atoms with Crippen LogP contribution in [-0.2, 0) is 13.7 Å². The van der Waals surface area contributed by atoms with Gasteiger partial charge in [-0.3, -0.25) is 9.97 Å². The van der Waals surface area contributed by atoms with Gasteiger partial charge in [-0.2, -0.15) is 0 Å². The summed E-state index contributed by atoms with van der Waals surface area (Å²) in [6.45, 7) is 10.5. The monoisotopic (exact) mass is 483 g/mol. The molecule has 0 spiro atoms. The van der Waals surface area contributed by atoms with Crippen LogP contribution in [0.3, 0.4) is 0 Å². The largest absolute Gasteiger partial charge is 0.265 e. The van der Waals surface area contributed by atoms with Crippen molar-refractivity contribution in [2.75, 3.05) is 0 Å². The second-order valence-electron chi connectivity index (χ2n) is 7.12. The molecule has 0 bridgehead atoms. The first kappa shape index (κ1) is 24.7. The fourth-order valence-corrected chi connectivity index (χ4v) is 7.58. The van der Waals surface area contributed by atoms with Crippen LogP contribution in [0.15, 0.2) is 64.5 Å². The van der Waals surface area contributed by atoms with Gasteiger partial charge in [0.05, 0.1) is 0 Å². The van der Waals surface area contributed by atoms with E-state index in [-0.39, 0.29) is 11.0 Å². The molecular formula is C18H27Cl3N3Nb. The van der Waals surface area contributed by atoms with Crippen LogP contribution in [0.4, 0.5) is 0 Å². The number of halogens is 3. The second-order valence-corrected chi connectivity index (χ2v) is 21.4. The molecule has 0 fully saturated rings. The van der Waals surface area contributed by atoms with Crippen molar-refractivity contribution in [3.63, 3.8) is 0 Å². The van der Waals surface area contributed by atoms with E-state index in [1.54, 1.807) is 24.8 Å². The predicted octanol–water partition coefficient (Wildman–Crippen LogP) is 7.16. The van der Waals surface area contributed by atoms with Crippen molar-refractivity contribution in [2.45, 2.75) is 46.6 Å². The summed E-state index contributed by atoms with van der Waals surface area (Å²) in [7, 11) is 17.4. The van der Waals surface area contributed by atoms with Crippen LogP contribution in [0.25, 0.3) is 0 Å². The Labute approximate surface area is 167 Å². The van der Waals surface area contributed by atoms with Crippen LogP contribution in [0.5, 0.6) is 0 Å². The molecule has 0 radical (unpaired) electrons. The number of pyridine rings is 2. The van der Waals surface area contributed by atoms with E-state index in [1.165, 1.54) is 0 Å². The Bertz CT molecular complexity index is 515. The molecule has 2 aromatic rings. The van der Waals surface area contributed by atoms with Gasteiger partial charge in [0.2, 0.25) is 0 Å². The molecule has 2 aromatic heterocycles. The minimum atomic E-state index is -3.44. The van der Waals surface area contributed by atoms with Crippen molar-refractivity contribution in [1.82, 2.24) is 9.97 Å². The molecule has 3 nitrogen and oxygen atoms in total. The number of hydrogen-bond donors (Lipinski definition) is 0. The molecule has 0 saturated heterocycles. The number of rotatable bonds is 2. The quantitative estimate of drug-likeness (QED) is 0.424. The molecule has 0 aliphatic heterocycles. The summed E-state index contributed by atoms with van der Waals surface area (Å²) in [6.07, 6.45) is 7.93. The van der Waals surface area contributed by atoms with Gasteiger partial charge in [-0.15, -0.1) is 0 Å². The summed E-state index contributed by atoms with van der Waals surface area (Å²) in [5.41, 5.74) is 0.00225. The van der Waals surface area contributed by atoms with Crippen molar-refractivity contribution < 1.29 is 13.7 Å². The van der Waals surface area contributed by atoms with E-state index < -0.39 is 13.7 Å². The van der Waals surface area contributed by atoms with E-state index in [9.17, 15) is 0 Å². The summed E-state index contributed by atoms with van der Waals surface area (Å²) >= 11 is -3.44. The Morgan fingerprint density at radius 3 is 1.24 bits per heavy atom. The van der Waals surface area contributed by atoms with Crippen molar-refractivity contribution in [1.29, 1.82) is 0 Å². The summed E-state index contributed by atoms with van der Waals surface area (Å²) in [4.78, 5) is 7.57. The molecule has 0 amide bonds. The normalized spacial score (nSPS) is 11.4. The first-order chi connectivity index (χ1) is 11.4. The van der Waals surface area contributed by atoms with Gasteiger partial charge in [-0.25, -0.2) is 0 Å². The Morgan fingerprint density at radius 2 is 1.08 bits per heavy atom. The van der Waals surface area contributed by atoms with E-state index in [1.807, 2.05) is 50.2 Å². The standard InChI is InChI=1S/C8H17N.2C5H5N.3ClH.Nb/c1-7(2,3)6-8(4,5)9;2*1-2-4-6-5-3-1;;;;/h6H2,1-5H3;2*1-5H;3*1H;/q;;;;;;+3/p-3. The van der Waals surface area contributed by atoms with E-state index in [0.717, 1.165) is 6.42 Å². The summed E-state index contributed by atoms with van der Waals surface area (Å²) in [5, 5.41) is 0. The van der Waals surface area contributed by atoms with Gasteiger partial charge in [0.1, 0.15) is 0 Å². The first-order valence-corrected chi connectivity index (χ1v) is 17.3. The zero-order valence-corrected chi connectivity index (χ0v) is 19.9. The molecule has 0 unspecified atom stereocenters. The van der Waals surface area contributed by atoms with Gasteiger partial charge in [0, 0.05) is 24.8 Å². The fraction of sp³-hybridized carbons (Fsp3) is 0.444. The molecule has 2 rings (SSSR count). The molecule has 0 atom stereocenters. The fourth-order valence-electron chi connectivity index (χ4n) is 2.27. The van der Waals surface area contributed by atoms with Gasteiger partial charge in [-0.1, -0.05) is 12.1 Å². The number of hydrogen-bond acceptors (Lipinski definition) is 3. The predicted molar refractivity (Wildman–Crippen MR) is 107 cm³/mol. The second kappa shape index (κ2) is 12.2. The van der Waals surface area contributed by atoms with Crippen LogP contribution < -0.4 is 0 Å². The number of nitrogens with zero attached hydrogens (tertiary/aromatic N) is 3. The maximum absolute atomic E-state index is 5.81. The Kier molecular flexibility index (Phi) is 12.0. The van der Waals surface area contributed by atoms with Gasteiger partial charge in [0.15, 0.2) is 0 Å². The van der Waals surface area contributed by atoms with Crippen LogP contribution in [0.1, 0.15) is 41.0 Å². The first-order valence-electron chi connectivity index (χ1n) is 7.84. The van der Waals surface area contributed by atoms with Crippen LogP contribution in [0.2, 0.25) is 0 Å². The molecule has 0 aliphatic rings. The van der Waals surface area contributed by atoms with Gasteiger partial charge in [-0.05, 0) is 24.3 Å². The van der Waals surface area contributed by atoms with E-state index in [2.05, 4.69) is 34.1 Å². The summed E-state index contributed by atoms with van der Waals surface area (Å²) in [5.74, 6) is 0. The molecule has 0 aliphatic carbocycles. The zero-order chi connectivity index (χ0) is 19.4. The molecule has 0 N–H and O–H groups in total. The smallest absolute Gasteiger partial charge is 0.0267 e. The molecule has 140 valence electrons. The SMILES string of the molecule is CC(C)(C)CC(C)(C)[N]=[Nb]([Cl])([Cl])[Cl].c1ccncc1.c1ccncc1. The van der Waals surface area contributed by atoms with Crippen LogP contribution >= 0.6 is 27.6 Å². The van der Waals surface area contributed by atoms with E-state index >= 15 is 0 Å². The zero-order valence-electron chi connectivity index (χ0n) is 15.4. The Morgan fingerprint density at radius 1 is 0.720 bits per heavy atom. The van der Waals surface area contributed by atoms with Crippen molar-refractivity contribution in [3.05, 3.63) is 61.2 Å². The van der Waals surface area contributed by atoms with Crippen LogP contribution in [-0.4, -0.2) is 15.5 Å². The molecule has 25 heavy (non-hydrogen) atoms. The van der Waals surface area contributed by atoms with Crippen molar-refractivity contribution in [2.24, 2.45) is 8.75 Å². The topological polar surface area (TPSA) is 38.1 Å². The molecule has 7 heteroatoms. The molecule has 0 saturated carbocycles. The molecular weight excluding hydrogens is 457 g/mol. The molecule has 0 aromatic carbocycles. The maximum Gasteiger partial charge on any atom is 0.0267 e. The van der Waals surface area contributed by atoms with Crippen molar-refractivity contribution in [3.8, 4) is 0 Å². The minimum Gasteiger partial charge on any atom is -0.265 e. The third kappa shape index (κ3) is 19.9. The van der Waals surface area contributed by atoms with Gasteiger partial charge >= 0.3 is 96.6 Å².